The first-order valence-electron chi connectivity index (χ1n) is 8.66. The molecule has 0 amide bonds. The van der Waals surface area contributed by atoms with Crippen molar-refractivity contribution >= 4 is 34.8 Å². The monoisotopic (exact) mass is 444 g/mol. The lowest BCUT2D eigenvalue weighted by Gasteiger charge is -2.40. The van der Waals surface area contributed by atoms with Crippen LogP contribution in [0.3, 0.4) is 0 Å². The van der Waals surface area contributed by atoms with Crippen LogP contribution in [0.5, 0.6) is 0 Å². The third-order valence-corrected chi connectivity index (χ3v) is 5.02. The van der Waals surface area contributed by atoms with E-state index < -0.39 is 54.6 Å². The Labute approximate surface area is 175 Å². The maximum absolute atomic E-state index is 13.0. The Kier molecular flexibility index (Phi) is 6.75. The molecule has 5 atom stereocenters. The van der Waals surface area contributed by atoms with Crippen LogP contribution in [0.25, 0.3) is 0 Å². The Bertz CT molecular complexity index is 875. The van der Waals surface area contributed by atoms with Gasteiger partial charge in [-0.05, 0) is 6.08 Å². The Balaban J connectivity index is 2.00. The Hall–Kier alpha value is -1.78. The molecule has 1 saturated heterocycles. The molecule has 4 N–H and O–H groups in total. The maximum atomic E-state index is 13.0. The van der Waals surface area contributed by atoms with Crippen LogP contribution in [-0.4, -0.2) is 69.3 Å². The average Bonchev–Trinajstić information content (AvgIpc) is 2.71. The van der Waals surface area contributed by atoms with E-state index >= 15 is 0 Å². The molecular weight excluding hydrogens is 427 g/mol. The number of aliphatic hydroxyl groups excluding tert-OH is 4. The molecule has 1 aliphatic carbocycles. The number of aliphatic hydroxyl groups is 4. The lowest BCUT2D eigenvalue weighted by atomic mass is 9.86. The fraction of sp³-hybridized carbons (Fsp3) is 0.368. The molecule has 10 heteroatoms. The molecule has 156 valence electrons. The quantitative estimate of drug-likeness (QED) is 0.524. The van der Waals surface area contributed by atoms with Gasteiger partial charge in [-0.2, -0.15) is 0 Å². The Morgan fingerprint density at radius 3 is 2.24 bits per heavy atom. The van der Waals surface area contributed by atoms with E-state index in [4.69, 9.17) is 32.7 Å². The number of ether oxygens (including phenoxy) is 2. The number of fused-ring (bicyclic) bond motifs is 1. The van der Waals surface area contributed by atoms with Crippen molar-refractivity contribution in [3.8, 4) is 0 Å². The molecule has 3 rings (SSSR count). The SMILES string of the molecule is O=C1C(CC=C(Cl)Cl)=C(O[C@H]2O[C@@H](CO)[C@@H](O)[C@@H](O)[C@H]2O)C(=O)c2ccccc21. The number of ketones is 2. The van der Waals surface area contributed by atoms with E-state index in [2.05, 4.69) is 0 Å². The first kappa shape index (κ1) is 21.9. The van der Waals surface area contributed by atoms with E-state index in [9.17, 15) is 30.0 Å². The summed E-state index contributed by atoms with van der Waals surface area (Å²) in [5, 5.41) is 39.3. The first-order chi connectivity index (χ1) is 13.8. The summed E-state index contributed by atoms with van der Waals surface area (Å²) >= 11 is 11.3. The average molecular weight is 445 g/mol. The van der Waals surface area contributed by atoms with Crippen LogP contribution in [0, 0.1) is 0 Å². The normalized spacial score (nSPS) is 29.5. The second-order valence-electron chi connectivity index (χ2n) is 6.52. The van der Waals surface area contributed by atoms with Gasteiger partial charge in [0.2, 0.25) is 12.1 Å². The summed E-state index contributed by atoms with van der Waals surface area (Å²) < 4.78 is 10.7. The summed E-state index contributed by atoms with van der Waals surface area (Å²) in [6.07, 6.45) is -6.72. The van der Waals surface area contributed by atoms with E-state index in [1.807, 2.05) is 0 Å². The highest BCUT2D eigenvalue weighted by molar-refractivity contribution is 6.55. The van der Waals surface area contributed by atoms with Crippen LogP contribution in [0.1, 0.15) is 27.1 Å². The summed E-state index contributed by atoms with van der Waals surface area (Å²) in [4.78, 5) is 25.9. The third-order valence-electron chi connectivity index (χ3n) is 4.71. The minimum Gasteiger partial charge on any atom is -0.457 e. The van der Waals surface area contributed by atoms with Gasteiger partial charge in [0.25, 0.3) is 0 Å². The summed E-state index contributed by atoms with van der Waals surface area (Å²) in [5.74, 6) is -1.53. The van der Waals surface area contributed by atoms with Crippen molar-refractivity contribution in [2.75, 3.05) is 6.61 Å². The van der Waals surface area contributed by atoms with E-state index in [0.717, 1.165) is 0 Å². The van der Waals surface area contributed by atoms with E-state index in [1.165, 1.54) is 18.2 Å². The van der Waals surface area contributed by atoms with Gasteiger partial charge in [-0.3, -0.25) is 9.59 Å². The molecule has 0 spiro atoms. The second kappa shape index (κ2) is 8.93. The number of halogens is 2. The number of rotatable bonds is 5. The Morgan fingerprint density at radius 2 is 1.66 bits per heavy atom. The van der Waals surface area contributed by atoms with Crippen molar-refractivity contribution in [1.82, 2.24) is 0 Å². The van der Waals surface area contributed by atoms with Crippen molar-refractivity contribution in [1.29, 1.82) is 0 Å². The van der Waals surface area contributed by atoms with E-state index in [0.29, 0.717) is 0 Å². The predicted octanol–water partition coefficient (Wildman–Crippen LogP) is 0.845. The summed E-state index contributed by atoms with van der Waals surface area (Å²) in [5.41, 5.74) is 0.207. The molecule has 1 aliphatic heterocycles. The number of hydrogen-bond donors (Lipinski definition) is 4. The number of benzene rings is 1. The molecule has 8 nitrogen and oxygen atoms in total. The van der Waals surface area contributed by atoms with Crippen LogP contribution in [-0.2, 0) is 9.47 Å². The van der Waals surface area contributed by atoms with Gasteiger partial charge in [0.1, 0.15) is 28.9 Å². The molecule has 2 aliphatic rings. The van der Waals surface area contributed by atoms with Gasteiger partial charge in [0, 0.05) is 17.5 Å². The third kappa shape index (κ3) is 4.24. The molecule has 0 radical (unpaired) electrons. The molecule has 0 bridgehead atoms. The van der Waals surface area contributed by atoms with Crippen molar-refractivity contribution in [3.05, 3.63) is 57.3 Å². The van der Waals surface area contributed by atoms with Gasteiger partial charge in [0.15, 0.2) is 11.5 Å². The topological polar surface area (TPSA) is 134 Å². The van der Waals surface area contributed by atoms with Gasteiger partial charge in [-0.25, -0.2) is 0 Å². The zero-order valence-corrected chi connectivity index (χ0v) is 16.4. The first-order valence-corrected chi connectivity index (χ1v) is 9.41. The van der Waals surface area contributed by atoms with E-state index in [1.54, 1.807) is 12.1 Å². The summed E-state index contributed by atoms with van der Waals surface area (Å²) in [6.45, 7) is -0.670. The van der Waals surface area contributed by atoms with Crippen LogP contribution in [0.15, 0.2) is 46.2 Å². The number of Topliss-reactive ketones (excluding diaryl/α,β-unsaturated/α-hetero) is 2. The molecule has 1 fully saturated rings. The van der Waals surface area contributed by atoms with Gasteiger partial charge >= 0.3 is 0 Å². The largest absolute Gasteiger partial charge is 0.457 e. The molecule has 1 aromatic carbocycles. The summed E-state index contributed by atoms with van der Waals surface area (Å²) in [6, 6.07) is 6.13. The highest BCUT2D eigenvalue weighted by Crippen LogP contribution is 2.32. The van der Waals surface area contributed by atoms with Crippen molar-refractivity contribution in [2.24, 2.45) is 0 Å². The Morgan fingerprint density at radius 1 is 1.03 bits per heavy atom. The van der Waals surface area contributed by atoms with Crippen molar-refractivity contribution in [3.63, 3.8) is 0 Å². The second-order valence-corrected chi connectivity index (χ2v) is 7.53. The maximum Gasteiger partial charge on any atom is 0.229 e. The minimum atomic E-state index is -1.74. The molecule has 0 aromatic heterocycles. The lowest BCUT2D eigenvalue weighted by molar-refractivity contribution is -0.290. The number of carbonyl (C=O) groups excluding carboxylic acids is 2. The fourth-order valence-corrected chi connectivity index (χ4v) is 3.33. The smallest absolute Gasteiger partial charge is 0.229 e. The molecular formula is C19H18Cl2O8. The molecule has 0 saturated carbocycles. The lowest BCUT2D eigenvalue weighted by Crippen LogP contribution is -2.59. The molecule has 0 unspecified atom stereocenters. The standard InChI is InChI=1S/C19H18Cl2O8/c20-12(21)6-5-10-13(23)8-3-1-2-4-9(8)14(24)18(10)29-19-17(27)16(26)15(25)11(7-22)28-19/h1-4,6,11,15-17,19,22,25-27H,5,7H2/t11-,15+,16+,17+,19+/m0/s1. The van der Waals surface area contributed by atoms with Crippen LogP contribution in [0.2, 0.25) is 0 Å². The summed E-state index contributed by atoms with van der Waals surface area (Å²) in [7, 11) is 0. The molecule has 1 heterocycles. The zero-order valence-electron chi connectivity index (χ0n) is 14.9. The van der Waals surface area contributed by atoms with Crippen LogP contribution in [0.4, 0.5) is 0 Å². The highest BCUT2D eigenvalue weighted by atomic mass is 35.5. The highest BCUT2D eigenvalue weighted by Gasteiger charge is 2.46. The van der Waals surface area contributed by atoms with Gasteiger partial charge in [-0.15, -0.1) is 0 Å². The van der Waals surface area contributed by atoms with Gasteiger partial charge in [-0.1, -0.05) is 47.5 Å². The van der Waals surface area contributed by atoms with Crippen molar-refractivity contribution < 1.29 is 39.5 Å². The molecule has 29 heavy (non-hydrogen) atoms. The van der Waals surface area contributed by atoms with Crippen LogP contribution >= 0.6 is 23.2 Å². The van der Waals surface area contributed by atoms with Crippen LogP contribution < -0.4 is 0 Å². The number of hydrogen-bond acceptors (Lipinski definition) is 8. The van der Waals surface area contributed by atoms with Gasteiger partial charge in [0.05, 0.1) is 12.2 Å². The molecule has 1 aromatic rings. The van der Waals surface area contributed by atoms with Gasteiger partial charge < -0.3 is 29.9 Å². The minimum absolute atomic E-state index is 0.0653. The predicted molar refractivity (Wildman–Crippen MR) is 101 cm³/mol. The van der Waals surface area contributed by atoms with Crippen molar-refractivity contribution in [2.45, 2.75) is 37.1 Å². The number of allylic oxidation sites excluding steroid dienone is 3. The zero-order chi connectivity index (χ0) is 21.3. The number of carbonyl (C=O) groups is 2. The fourth-order valence-electron chi connectivity index (χ4n) is 3.17. The van der Waals surface area contributed by atoms with E-state index in [-0.39, 0.29) is 27.6 Å².